The van der Waals surface area contributed by atoms with Gasteiger partial charge < -0.3 is 9.72 Å². The number of imidazole rings is 1. The van der Waals surface area contributed by atoms with Crippen molar-refractivity contribution in [2.24, 2.45) is 0 Å². The van der Waals surface area contributed by atoms with E-state index in [2.05, 4.69) is 20.9 Å². The van der Waals surface area contributed by atoms with Crippen molar-refractivity contribution in [3.63, 3.8) is 0 Å². The molecule has 5 nitrogen and oxygen atoms in total. The van der Waals surface area contributed by atoms with E-state index in [1.54, 1.807) is 12.3 Å². The molecule has 1 saturated heterocycles. The predicted octanol–water partition coefficient (Wildman–Crippen LogP) is 4.54. The van der Waals surface area contributed by atoms with Crippen molar-refractivity contribution in [2.45, 2.75) is 18.8 Å². The molecule has 0 bridgehead atoms. The number of nitrogens with one attached hydrogen (secondary N) is 1. The van der Waals surface area contributed by atoms with E-state index < -0.39 is 11.7 Å². The van der Waals surface area contributed by atoms with Gasteiger partial charge in [-0.2, -0.15) is 18.4 Å². The van der Waals surface area contributed by atoms with Gasteiger partial charge in [0.1, 0.15) is 5.82 Å². The summed E-state index contributed by atoms with van der Waals surface area (Å²) < 4.78 is 44.0. The Labute approximate surface area is 171 Å². The Morgan fingerprint density at radius 2 is 2.00 bits per heavy atom. The summed E-state index contributed by atoms with van der Waals surface area (Å²) >= 11 is 0. The molecule has 1 aliphatic rings. The number of aromatic amines is 1. The molecule has 1 aromatic heterocycles. The van der Waals surface area contributed by atoms with Crippen LogP contribution in [0.3, 0.4) is 0 Å². The van der Waals surface area contributed by atoms with Crippen LogP contribution in [0.5, 0.6) is 0 Å². The van der Waals surface area contributed by atoms with Gasteiger partial charge in [-0.15, -0.1) is 0 Å². The maximum Gasteiger partial charge on any atom is 0.416 e. The number of ether oxygens (including phenoxy) is 1. The molecule has 1 N–H and O–H groups in total. The van der Waals surface area contributed by atoms with Crippen molar-refractivity contribution >= 4 is 0 Å². The maximum absolute atomic E-state index is 12.8. The highest BCUT2D eigenvalue weighted by Gasteiger charge is 2.30. The minimum absolute atomic E-state index is 0.118. The van der Waals surface area contributed by atoms with Crippen molar-refractivity contribution < 1.29 is 17.9 Å². The number of halogens is 3. The first-order valence-corrected chi connectivity index (χ1v) is 9.47. The lowest BCUT2D eigenvalue weighted by molar-refractivity contribution is -0.137. The van der Waals surface area contributed by atoms with Crippen molar-refractivity contribution in [1.29, 1.82) is 5.26 Å². The summed E-state index contributed by atoms with van der Waals surface area (Å²) in [6.45, 7) is 2.40. The lowest BCUT2D eigenvalue weighted by atomic mass is 10.1. The van der Waals surface area contributed by atoms with E-state index >= 15 is 0 Å². The average Bonchev–Trinajstić information content (AvgIpc) is 3.24. The molecule has 8 heteroatoms. The summed E-state index contributed by atoms with van der Waals surface area (Å²) in [4.78, 5) is 9.91. The quantitative estimate of drug-likeness (QED) is 0.683. The van der Waals surface area contributed by atoms with Gasteiger partial charge in [0.25, 0.3) is 0 Å². The molecule has 1 atom stereocenters. The molecular weight excluding hydrogens is 393 g/mol. The highest BCUT2D eigenvalue weighted by molar-refractivity contribution is 5.59. The summed E-state index contributed by atoms with van der Waals surface area (Å²) in [6, 6.07) is 14.5. The van der Waals surface area contributed by atoms with E-state index in [0.717, 1.165) is 17.7 Å². The average molecular weight is 412 g/mol. The fourth-order valence-electron chi connectivity index (χ4n) is 3.54. The van der Waals surface area contributed by atoms with E-state index in [4.69, 9.17) is 10.00 Å². The van der Waals surface area contributed by atoms with E-state index in [9.17, 15) is 13.2 Å². The minimum atomic E-state index is -4.36. The van der Waals surface area contributed by atoms with Crippen LogP contribution in [0.15, 0.2) is 54.7 Å². The molecule has 154 valence electrons. The van der Waals surface area contributed by atoms with Crippen LogP contribution >= 0.6 is 0 Å². The standard InChI is InChI=1S/C22H19F3N4O/c23-22(24,25)18-6-4-17(5-7-18)19-12-27-21(28-19)20-14-30-9-8-29(20)13-16-3-1-2-15(10-16)11-26/h1-7,10,12,20H,8-9,13-14H2,(H,27,28). The van der Waals surface area contributed by atoms with Gasteiger partial charge in [-0.1, -0.05) is 24.3 Å². The molecule has 30 heavy (non-hydrogen) atoms. The van der Waals surface area contributed by atoms with Crippen LogP contribution in [0.1, 0.15) is 28.6 Å². The Morgan fingerprint density at radius 1 is 1.20 bits per heavy atom. The summed E-state index contributed by atoms with van der Waals surface area (Å²) in [5.41, 5.74) is 2.23. The van der Waals surface area contributed by atoms with Gasteiger partial charge >= 0.3 is 6.18 Å². The molecule has 1 fully saturated rings. The lowest BCUT2D eigenvalue weighted by Crippen LogP contribution is -2.39. The molecule has 0 radical (unpaired) electrons. The maximum atomic E-state index is 12.8. The third-order valence-corrected chi connectivity index (χ3v) is 5.12. The smallest absolute Gasteiger partial charge is 0.378 e. The second kappa shape index (κ2) is 8.30. The lowest BCUT2D eigenvalue weighted by Gasteiger charge is -2.34. The number of hydrogen-bond donors (Lipinski definition) is 1. The molecule has 4 rings (SSSR count). The zero-order valence-electron chi connectivity index (χ0n) is 16.0. The summed E-state index contributed by atoms with van der Waals surface area (Å²) in [5, 5.41) is 9.11. The van der Waals surface area contributed by atoms with Gasteiger partial charge in [0.05, 0.1) is 48.3 Å². The number of rotatable bonds is 4. The largest absolute Gasteiger partial charge is 0.416 e. The first-order valence-electron chi connectivity index (χ1n) is 9.47. The second-order valence-electron chi connectivity index (χ2n) is 7.13. The van der Waals surface area contributed by atoms with E-state index in [0.29, 0.717) is 48.9 Å². The molecule has 0 spiro atoms. The molecule has 1 unspecified atom stereocenters. The van der Waals surface area contributed by atoms with Gasteiger partial charge in [-0.25, -0.2) is 4.98 Å². The molecule has 3 aromatic rings. The van der Waals surface area contributed by atoms with Gasteiger partial charge in [-0.05, 0) is 35.4 Å². The summed E-state index contributed by atoms with van der Waals surface area (Å²) in [7, 11) is 0. The first-order chi connectivity index (χ1) is 14.4. The zero-order chi connectivity index (χ0) is 21.1. The van der Waals surface area contributed by atoms with Crippen molar-refractivity contribution in [3.05, 3.63) is 77.2 Å². The number of morpholine rings is 1. The number of hydrogen-bond acceptors (Lipinski definition) is 4. The number of nitriles is 1. The SMILES string of the molecule is N#Cc1cccc(CN2CCOCC2c2ncc(-c3ccc(C(F)(F)F)cc3)[nH]2)c1. The van der Waals surface area contributed by atoms with Crippen LogP contribution in [0.25, 0.3) is 11.3 Å². The van der Waals surface area contributed by atoms with Gasteiger partial charge in [-0.3, -0.25) is 4.90 Å². The Morgan fingerprint density at radius 3 is 2.73 bits per heavy atom. The Kier molecular flexibility index (Phi) is 5.57. The molecule has 1 aliphatic heterocycles. The molecular formula is C22H19F3N4O. The van der Waals surface area contributed by atoms with Crippen molar-refractivity contribution in [3.8, 4) is 17.3 Å². The topological polar surface area (TPSA) is 64.9 Å². The molecule has 2 heterocycles. The Hall–Kier alpha value is -3.15. The second-order valence-corrected chi connectivity index (χ2v) is 7.13. The van der Waals surface area contributed by atoms with Crippen LogP contribution in [0, 0.1) is 11.3 Å². The van der Waals surface area contributed by atoms with E-state index in [-0.39, 0.29) is 6.04 Å². The van der Waals surface area contributed by atoms with Crippen molar-refractivity contribution in [2.75, 3.05) is 19.8 Å². The molecule has 0 amide bonds. The number of alkyl halides is 3. The summed E-state index contributed by atoms with van der Waals surface area (Å²) in [5.74, 6) is 0.695. The number of benzene rings is 2. The fraction of sp³-hybridized carbons (Fsp3) is 0.273. The van der Waals surface area contributed by atoms with Crippen LogP contribution in [-0.4, -0.2) is 34.6 Å². The molecule has 0 aliphatic carbocycles. The third-order valence-electron chi connectivity index (χ3n) is 5.12. The van der Waals surface area contributed by atoms with E-state index in [1.165, 1.54) is 12.1 Å². The Balaban J connectivity index is 1.54. The minimum Gasteiger partial charge on any atom is -0.378 e. The normalized spacial score (nSPS) is 17.6. The highest BCUT2D eigenvalue weighted by Crippen LogP contribution is 2.31. The number of H-pyrrole nitrogens is 1. The van der Waals surface area contributed by atoms with Crippen LogP contribution in [0.4, 0.5) is 13.2 Å². The molecule has 0 saturated carbocycles. The van der Waals surface area contributed by atoms with Crippen LogP contribution in [-0.2, 0) is 17.5 Å². The first kappa shape index (κ1) is 20.1. The van der Waals surface area contributed by atoms with Gasteiger partial charge in [0.2, 0.25) is 0 Å². The van der Waals surface area contributed by atoms with Crippen molar-refractivity contribution in [1.82, 2.24) is 14.9 Å². The number of aromatic nitrogens is 2. The van der Waals surface area contributed by atoms with Crippen LogP contribution < -0.4 is 0 Å². The fourth-order valence-corrected chi connectivity index (χ4v) is 3.54. The zero-order valence-corrected chi connectivity index (χ0v) is 16.0. The van der Waals surface area contributed by atoms with Gasteiger partial charge in [0, 0.05) is 13.1 Å². The third kappa shape index (κ3) is 4.37. The molecule has 2 aromatic carbocycles. The van der Waals surface area contributed by atoms with Crippen LogP contribution in [0.2, 0.25) is 0 Å². The monoisotopic (exact) mass is 412 g/mol. The highest BCUT2D eigenvalue weighted by atomic mass is 19.4. The summed E-state index contributed by atoms with van der Waals surface area (Å²) in [6.07, 6.45) is -2.73. The number of nitrogens with zero attached hydrogens (tertiary/aromatic N) is 3. The van der Waals surface area contributed by atoms with E-state index in [1.807, 2.05) is 18.2 Å². The Bertz CT molecular complexity index is 1050. The predicted molar refractivity (Wildman–Crippen MR) is 104 cm³/mol. The van der Waals surface area contributed by atoms with Gasteiger partial charge in [0.15, 0.2) is 0 Å².